The first-order chi connectivity index (χ1) is 17.4. The van der Waals surface area contributed by atoms with Crippen molar-refractivity contribution in [2.75, 3.05) is 20.8 Å². The molecule has 0 atom stereocenters. The lowest BCUT2D eigenvalue weighted by atomic mass is 10.0. The molecule has 0 radical (unpaired) electrons. The molecule has 0 aliphatic carbocycles. The van der Waals surface area contributed by atoms with E-state index in [4.69, 9.17) is 23.4 Å². The van der Waals surface area contributed by atoms with Crippen molar-refractivity contribution in [1.82, 2.24) is 0 Å². The molecule has 0 amide bonds. The van der Waals surface area contributed by atoms with Gasteiger partial charge in [-0.3, -0.25) is 4.79 Å². The minimum absolute atomic E-state index is 0.0888. The van der Waals surface area contributed by atoms with E-state index in [-0.39, 0.29) is 28.9 Å². The van der Waals surface area contributed by atoms with Gasteiger partial charge in [0.25, 0.3) is 0 Å². The Kier molecular flexibility index (Phi) is 7.29. The van der Waals surface area contributed by atoms with Gasteiger partial charge in [-0.1, -0.05) is 29.8 Å². The fourth-order valence-electron chi connectivity index (χ4n) is 3.97. The van der Waals surface area contributed by atoms with E-state index in [1.807, 2.05) is 13.8 Å². The molecular formula is C29H28O7. The van der Waals surface area contributed by atoms with Crippen LogP contribution in [-0.2, 0) is 11.3 Å². The predicted octanol–water partition coefficient (Wildman–Crippen LogP) is 5.85. The van der Waals surface area contributed by atoms with Gasteiger partial charge in [-0.2, -0.15) is 0 Å². The summed E-state index contributed by atoms with van der Waals surface area (Å²) >= 11 is 0. The van der Waals surface area contributed by atoms with Gasteiger partial charge >= 0.3 is 5.97 Å². The van der Waals surface area contributed by atoms with Crippen molar-refractivity contribution in [3.63, 3.8) is 0 Å². The van der Waals surface area contributed by atoms with E-state index >= 15 is 0 Å². The Labute approximate surface area is 209 Å². The minimum atomic E-state index is -0.733. The van der Waals surface area contributed by atoms with E-state index in [2.05, 4.69) is 18.2 Å². The van der Waals surface area contributed by atoms with Gasteiger partial charge in [0, 0.05) is 6.07 Å². The number of esters is 1. The fourth-order valence-corrected chi connectivity index (χ4v) is 3.97. The van der Waals surface area contributed by atoms with E-state index in [9.17, 15) is 9.59 Å². The maximum absolute atomic E-state index is 13.6. The molecule has 1 heterocycles. The monoisotopic (exact) mass is 488 g/mol. The summed E-state index contributed by atoms with van der Waals surface area (Å²) in [7, 11) is 3.02. The number of fused-ring (bicyclic) bond motifs is 1. The maximum Gasteiger partial charge on any atom is 0.375 e. The van der Waals surface area contributed by atoms with E-state index < -0.39 is 5.97 Å². The van der Waals surface area contributed by atoms with Crippen LogP contribution in [0.4, 0.5) is 0 Å². The number of aryl methyl sites for hydroxylation is 2. The Balaban J connectivity index is 1.80. The maximum atomic E-state index is 13.6. The number of rotatable bonds is 8. The van der Waals surface area contributed by atoms with Crippen LogP contribution in [0.3, 0.4) is 0 Å². The summed E-state index contributed by atoms with van der Waals surface area (Å²) in [4.78, 5) is 26.4. The second-order valence-corrected chi connectivity index (χ2v) is 8.30. The zero-order valence-corrected chi connectivity index (χ0v) is 21.0. The number of carbonyl (C=O) groups excluding carboxylic acids is 1. The number of hydrogen-bond acceptors (Lipinski definition) is 7. The summed E-state index contributed by atoms with van der Waals surface area (Å²) in [6, 6.07) is 16.1. The summed E-state index contributed by atoms with van der Waals surface area (Å²) < 4.78 is 27.8. The molecule has 1 aromatic heterocycles. The molecule has 7 nitrogen and oxygen atoms in total. The average molecular weight is 489 g/mol. The van der Waals surface area contributed by atoms with Crippen LogP contribution in [0, 0.1) is 13.8 Å². The highest BCUT2D eigenvalue weighted by molar-refractivity contribution is 5.98. The predicted molar refractivity (Wildman–Crippen MR) is 137 cm³/mol. The van der Waals surface area contributed by atoms with E-state index in [1.54, 1.807) is 43.3 Å². The van der Waals surface area contributed by atoms with Crippen molar-refractivity contribution in [1.29, 1.82) is 0 Å². The first-order valence-corrected chi connectivity index (χ1v) is 11.6. The first kappa shape index (κ1) is 24.9. The molecule has 0 spiro atoms. The lowest BCUT2D eigenvalue weighted by Crippen LogP contribution is -2.15. The molecule has 0 N–H and O–H groups in total. The average Bonchev–Trinajstić information content (AvgIpc) is 2.88. The molecule has 7 heteroatoms. The third-order valence-electron chi connectivity index (χ3n) is 5.90. The molecule has 4 aromatic rings. The van der Waals surface area contributed by atoms with Crippen LogP contribution in [0.25, 0.3) is 22.1 Å². The minimum Gasteiger partial charge on any atom is -0.493 e. The van der Waals surface area contributed by atoms with Gasteiger partial charge in [0.05, 0.1) is 31.8 Å². The summed E-state index contributed by atoms with van der Waals surface area (Å²) in [5.41, 5.74) is 3.72. The molecule has 4 rings (SSSR count). The molecule has 0 unspecified atom stereocenters. The second kappa shape index (κ2) is 10.6. The third kappa shape index (κ3) is 4.91. The van der Waals surface area contributed by atoms with E-state index in [0.29, 0.717) is 34.8 Å². The molecule has 3 aromatic carbocycles. The van der Waals surface area contributed by atoms with Crippen molar-refractivity contribution in [2.45, 2.75) is 27.4 Å². The summed E-state index contributed by atoms with van der Waals surface area (Å²) in [5, 5.41) is 0.312. The normalized spacial score (nSPS) is 10.8. The molecule has 0 aliphatic rings. The Morgan fingerprint density at radius 1 is 0.917 bits per heavy atom. The van der Waals surface area contributed by atoms with Gasteiger partial charge in [0.1, 0.15) is 17.9 Å². The number of hydrogen-bond donors (Lipinski definition) is 0. The summed E-state index contributed by atoms with van der Waals surface area (Å²) in [5.74, 6) is 0.505. The van der Waals surface area contributed by atoms with Crippen LogP contribution in [0.2, 0.25) is 0 Å². The van der Waals surface area contributed by atoms with Crippen LogP contribution >= 0.6 is 0 Å². The summed E-state index contributed by atoms with van der Waals surface area (Å²) in [6.45, 7) is 6.23. The zero-order chi connectivity index (χ0) is 25.8. The lowest BCUT2D eigenvalue weighted by molar-refractivity contribution is 0.0492. The molecular weight excluding hydrogens is 460 g/mol. The van der Waals surface area contributed by atoms with Crippen LogP contribution in [0.1, 0.15) is 34.2 Å². The standard InChI is InChI=1S/C29H28O7/c1-6-34-29(31)28-26(19-9-12-23(32-4)25(14-19)33-5)27(30)22-11-10-21(15-24(22)36-28)35-16-20-13-17(2)7-8-18(20)3/h7-15H,6,16H2,1-5H3. The number of ether oxygens (including phenoxy) is 4. The van der Waals surface area contributed by atoms with E-state index in [0.717, 1.165) is 16.7 Å². The Bertz CT molecular complexity index is 1480. The number of benzene rings is 3. The highest BCUT2D eigenvalue weighted by atomic mass is 16.5. The van der Waals surface area contributed by atoms with Crippen LogP contribution in [-0.4, -0.2) is 26.8 Å². The van der Waals surface area contributed by atoms with Crippen molar-refractivity contribution in [2.24, 2.45) is 0 Å². The van der Waals surface area contributed by atoms with Crippen molar-refractivity contribution in [3.8, 4) is 28.4 Å². The summed E-state index contributed by atoms with van der Waals surface area (Å²) in [6.07, 6.45) is 0. The van der Waals surface area contributed by atoms with E-state index in [1.165, 1.54) is 14.2 Å². The molecule has 0 bridgehead atoms. The van der Waals surface area contributed by atoms with Crippen LogP contribution < -0.4 is 19.6 Å². The van der Waals surface area contributed by atoms with Gasteiger partial charge in [0.15, 0.2) is 11.5 Å². The number of carbonyl (C=O) groups is 1. The SMILES string of the molecule is CCOC(=O)c1oc2cc(OCc3cc(C)ccc3C)ccc2c(=O)c1-c1ccc(OC)c(OC)c1. The van der Waals surface area contributed by atoms with Gasteiger partial charge in [-0.05, 0) is 61.7 Å². The lowest BCUT2D eigenvalue weighted by Gasteiger charge is -2.13. The highest BCUT2D eigenvalue weighted by Crippen LogP contribution is 2.34. The topological polar surface area (TPSA) is 84.2 Å². The van der Waals surface area contributed by atoms with Gasteiger partial charge in [-0.15, -0.1) is 0 Å². The molecule has 36 heavy (non-hydrogen) atoms. The Morgan fingerprint density at radius 3 is 2.42 bits per heavy atom. The highest BCUT2D eigenvalue weighted by Gasteiger charge is 2.24. The Hall–Kier alpha value is -4.26. The van der Waals surface area contributed by atoms with Gasteiger partial charge in [0.2, 0.25) is 11.2 Å². The van der Waals surface area contributed by atoms with Gasteiger partial charge < -0.3 is 23.4 Å². The Morgan fingerprint density at radius 2 is 1.69 bits per heavy atom. The molecule has 0 aliphatic heterocycles. The smallest absolute Gasteiger partial charge is 0.375 e. The molecule has 0 saturated carbocycles. The largest absolute Gasteiger partial charge is 0.493 e. The quantitative estimate of drug-likeness (QED) is 0.288. The van der Waals surface area contributed by atoms with Gasteiger partial charge in [-0.25, -0.2) is 4.79 Å². The molecule has 186 valence electrons. The van der Waals surface area contributed by atoms with Crippen molar-refractivity contribution < 1.29 is 28.2 Å². The molecule has 0 fully saturated rings. The third-order valence-corrected chi connectivity index (χ3v) is 5.90. The van der Waals surface area contributed by atoms with Crippen LogP contribution in [0.15, 0.2) is 63.8 Å². The fraction of sp³-hybridized carbons (Fsp3) is 0.241. The molecule has 0 saturated heterocycles. The second-order valence-electron chi connectivity index (χ2n) is 8.30. The van der Waals surface area contributed by atoms with Crippen molar-refractivity contribution >= 4 is 16.9 Å². The number of methoxy groups -OCH3 is 2. The zero-order valence-electron chi connectivity index (χ0n) is 21.0. The first-order valence-electron chi connectivity index (χ1n) is 11.6. The van der Waals surface area contributed by atoms with Crippen LogP contribution in [0.5, 0.6) is 17.2 Å². The van der Waals surface area contributed by atoms with Crippen molar-refractivity contribution in [3.05, 3.63) is 87.3 Å².